The van der Waals surface area contributed by atoms with Gasteiger partial charge in [0.2, 0.25) is 0 Å². The molecule has 0 aliphatic heterocycles. The van der Waals surface area contributed by atoms with E-state index in [0.29, 0.717) is 17.5 Å². The number of benzene rings is 7. The number of rotatable bonds is 5. The molecule has 3 heterocycles. The topological polar surface area (TPSA) is 51.6 Å². The van der Waals surface area contributed by atoms with E-state index in [0.717, 1.165) is 44.4 Å². The van der Waals surface area contributed by atoms with Crippen molar-refractivity contribution in [3.63, 3.8) is 0 Å². The second-order valence-corrected chi connectivity index (χ2v) is 16.1. The summed E-state index contributed by atoms with van der Waals surface area (Å²) in [6.45, 7) is 4.65. The van der Waals surface area contributed by atoms with E-state index < -0.39 is 0 Å². The third-order valence-electron chi connectivity index (χ3n) is 11.3. The van der Waals surface area contributed by atoms with Crippen molar-refractivity contribution < 1.29 is 0 Å². The third-order valence-corrected chi connectivity index (χ3v) is 12.5. The molecule has 11 rings (SSSR count). The quantitative estimate of drug-likeness (QED) is 0.177. The maximum atomic E-state index is 5.31. The first-order valence-electron chi connectivity index (χ1n) is 19.0. The number of hydrogen-bond acceptors (Lipinski definition) is 5. The van der Waals surface area contributed by atoms with E-state index in [-0.39, 0.29) is 5.41 Å². The highest BCUT2D eigenvalue weighted by Crippen LogP contribution is 2.49. The SMILES string of the molecule is CC1(C)c2ccccc2-c2ccc(-c3cccc(-c4nc(-c5ccccc5)nc(-c5ccc(-c6nc7c8ccccc8sc7c7ccccc67)cc5)n4)c3)cc21. The highest BCUT2D eigenvalue weighted by Gasteiger charge is 2.35. The summed E-state index contributed by atoms with van der Waals surface area (Å²) in [5.41, 5.74) is 13.5. The Bertz CT molecular complexity index is 3160. The smallest absolute Gasteiger partial charge is 0.164 e. The van der Waals surface area contributed by atoms with Gasteiger partial charge in [-0.3, -0.25) is 0 Å². The standard InChI is InChI=1S/C51H34N4S/c1-51(2)42-21-10-8-17-37(42)38-28-27-35(30-43(38)51)34-15-12-16-36(29-34)50-54-48(32-13-4-3-5-14-32)53-49(55-50)33-25-23-31(24-26-33)45-39-18-6-7-19-40(39)47-46(52-45)41-20-9-11-22-44(41)56-47/h3-30H,1-2H3. The molecule has 56 heavy (non-hydrogen) atoms. The molecule has 5 heteroatoms. The van der Waals surface area contributed by atoms with Crippen LogP contribution in [0.5, 0.6) is 0 Å². The van der Waals surface area contributed by atoms with Crippen molar-refractivity contribution in [2.75, 3.05) is 0 Å². The summed E-state index contributed by atoms with van der Waals surface area (Å²) in [6.07, 6.45) is 0. The Morgan fingerprint density at radius 3 is 1.75 bits per heavy atom. The molecule has 0 unspecified atom stereocenters. The summed E-state index contributed by atoms with van der Waals surface area (Å²) in [5, 5.41) is 3.56. The lowest BCUT2D eigenvalue weighted by Crippen LogP contribution is -2.14. The van der Waals surface area contributed by atoms with Gasteiger partial charge in [0.05, 0.1) is 15.9 Å². The van der Waals surface area contributed by atoms with Gasteiger partial charge in [0, 0.05) is 48.5 Å². The number of hydrogen-bond donors (Lipinski definition) is 0. The molecule has 264 valence electrons. The van der Waals surface area contributed by atoms with Gasteiger partial charge in [-0.1, -0.05) is 166 Å². The Labute approximate surface area is 328 Å². The molecule has 0 N–H and O–H groups in total. The van der Waals surface area contributed by atoms with Gasteiger partial charge in [0.1, 0.15) is 0 Å². The number of pyridine rings is 1. The van der Waals surface area contributed by atoms with Crippen LogP contribution in [0, 0.1) is 0 Å². The second kappa shape index (κ2) is 12.6. The zero-order chi connectivity index (χ0) is 37.4. The molecule has 3 aromatic heterocycles. The highest BCUT2D eigenvalue weighted by molar-refractivity contribution is 7.26. The molecule has 1 aliphatic rings. The maximum absolute atomic E-state index is 5.31. The fourth-order valence-electron chi connectivity index (χ4n) is 8.45. The molecule has 0 saturated carbocycles. The lowest BCUT2D eigenvalue weighted by molar-refractivity contribution is 0.660. The van der Waals surface area contributed by atoms with Crippen molar-refractivity contribution in [1.82, 2.24) is 19.9 Å². The van der Waals surface area contributed by atoms with Crippen molar-refractivity contribution in [3.05, 3.63) is 181 Å². The van der Waals surface area contributed by atoms with E-state index in [1.54, 1.807) is 0 Å². The van der Waals surface area contributed by atoms with E-state index >= 15 is 0 Å². The van der Waals surface area contributed by atoms with Crippen LogP contribution in [-0.2, 0) is 5.41 Å². The molecule has 4 nitrogen and oxygen atoms in total. The first-order valence-corrected chi connectivity index (χ1v) is 19.8. The molecule has 1 aliphatic carbocycles. The average molecular weight is 735 g/mol. The molecular weight excluding hydrogens is 701 g/mol. The molecule has 10 aromatic rings. The molecule has 0 amide bonds. The lowest BCUT2D eigenvalue weighted by Gasteiger charge is -2.22. The predicted octanol–water partition coefficient (Wildman–Crippen LogP) is 13.4. The largest absolute Gasteiger partial charge is 0.246 e. The predicted molar refractivity (Wildman–Crippen MR) is 233 cm³/mol. The van der Waals surface area contributed by atoms with E-state index in [4.69, 9.17) is 19.9 Å². The number of fused-ring (bicyclic) bond motifs is 8. The Balaban J connectivity index is 1.00. The van der Waals surface area contributed by atoms with E-state index in [1.807, 2.05) is 41.7 Å². The number of nitrogens with zero attached hydrogens (tertiary/aromatic N) is 4. The van der Waals surface area contributed by atoms with Gasteiger partial charge in [-0.05, 0) is 51.6 Å². The minimum atomic E-state index is -0.0724. The van der Waals surface area contributed by atoms with Crippen LogP contribution in [0.1, 0.15) is 25.0 Å². The van der Waals surface area contributed by atoms with Crippen LogP contribution in [0.2, 0.25) is 0 Å². The van der Waals surface area contributed by atoms with Gasteiger partial charge in [0.15, 0.2) is 17.5 Å². The van der Waals surface area contributed by atoms with Crippen molar-refractivity contribution >= 4 is 42.4 Å². The van der Waals surface area contributed by atoms with Gasteiger partial charge < -0.3 is 0 Å². The summed E-state index contributed by atoms with van der Waals surface area (Å²) >= 11 is 1.81. The Hall–Kier alpha value is -6.82. The summed E-state index contributed by atoms with van der Waals surface area (Å²) in [6, 6.07) is 60.0. The van der Waals surface area contributed by atoms with Crippen molar-refractivity contribution in [2.24, 2.45) is 0 Å². The zero-order valence-electron chi connectivity index (χ0n) is 30.9. The first-order chi connectivity index (χ1) is 27.5. The van der Waals surface area contributed by atoms with E-state index in [2.05, 4.69) is 153 Å². The molecule has 0 radical (unpaired) electrons. The molecular formula is C51H34N4S. The van der Waals surface area contributed by atoms with Gasteiger partial charge >= 0.3 is 0 Å². The molecule has 0 saturated heterocycles. The van der Waals surface area contributed by atoms with Crippen LogP contribution >= 0.6 is 11.3 Å². The summed E-state index contributed by atoms with van der Waals surface area (Å²) < 4.78 is 2.48. The van der Waals surface area contributed by atoms with Gasteiger partial charge in [-0.25, -0.2) is 19.9 Å². The summed E-state index contributed by atoms with van der Waals surface area (Å²) in [7, 11) is 0. The fraction of sp³-hybridized carbons (Fsp3) is 0.0588. The van der Waals surface area contributed by atoms with Crippen molar-refractivity contribution in [2.45, 2.75) is 19.3 Å². The number of aromatic nitrogens is 4. The van der Waals surface area contributed by atoms with Crippen molar-refractivity contribution in [1.29, 1.82) is 0 Å². The molecule has 7 aromatic carbocycles. The third kappa shape index (κ3) is 5.19. The molecule has 0 atom stereocenters. The van der Waals surface area contributed by atoms with Crippen LogP contribution < -0.4 is 0 Å². The fourth-order valence-corrected chi connectivity index (χ4v) is 9.64. The molecule has 0 spiro atoms. The van der Waals surface area contributed by atoms with Crippen molar-refractivity contribution in [3.8, 4) is 67.7 Å². The average Bonchev–Trinajstić information content (AvgIpc) is 3.75. The van der Waals surface area contributed by atoms with E-state index in [1.165, 1.54) is 48.0 Å². The first kappa shape index (κ1) is 32.6. The van der Waals surface area contributed by atoms with Gasteiger partial charge in [0.25, 0.3) is 0 Å². The summed E-state index contributed by atoms with van der Waals surface area (Å²) in [5.74, 6) is 1.90. The normalized spacial score (nSPS) is 13.0. The van der Waals surface area contributed by atoms with Gasteiger partial charge in [-0.15, -0.1) is 11.3 Å². The van der Waals surface area contributed by atoms with E-state index in [9.17, 15) is 0 Å². The zero-order valence-corrected chi connectivity index (χ0v) is 31.7. The Morgan fingerprint density at radius 1 is 0.393 bits per heavy atom. The Morgan fingerprint density at radius 2 is 0.946 bits per heavy atom. The molecule has 0 bridgehead atoms. The van der Waals surface area contributed by atoms with Gasteiger partial charge in [-0.2, -0.15) is 0 Å². The maximum Gasteiger partial charge on any atom is 0.164 e. The van der Waals surface area contributed by atoms with Crippen LogP contribution in [0.15, 0.2) is 170 Å². The second-order valence-electron chi connectivity index (χ2n) is 15.0. The minimum Gasteiger partial charge on any atom is -0.246 e. The highest BCUT2D eigenvalue weighted by atomic mass is 32.1. The molecule has 0 fully saturated rings. The minimum absolute atomic E-state index is 0.0724. The Kier molecular flexibility index (Phi) is 7.35. The van der Waals surface area contributed by atoms with Crippen LogP contribution in [0.4, 0.5) is 0 Å². The van der Waals surface area contributed by atoms with Crippen LogP contribution in [0.25, 0.3) is 98.7 Å². The summed E-state index contributed by atoms with van der Waals surface area (Å²) in [4.78, 5) is 20.5. The number of thiophene rings is 1. The monoisotopic (exact) mass is 734 g/mol. The van der Waals surface area contributed by atoms with Crippen LogP contribution in [-0.4, -0.2) is 19.9 Å². The lowest BCUT2D eigenvalue weighted by atomic mass is 9.81. The van der Waals surface area contributed by atoms with Crippen LogP contribution in [0.3, 0.4) is 0 Å².